The van der Waals surface area contributed by atoms with Crippen molar-refractivity contribution in [2.45, 2.75) is 19.3 Å². The lowest BCUT2D eigenvalue weighted by atomic mass is 10.2. The number of rotatable bonds is 3. The van der Waals surface area contributed by atoms with Gasteiger partial charge in [-0.15, -0.1) is 0 Å². The molecule has 3 N–H and O–H groups in total. The third-order valence-corrected chi connectivity index (χ3v) is 2.56. The number of anilines is 2. The minimum atomic E-state index is -1.11. The summed E-state index contributed by atoms with van der Waals surface area (Å²) in [6, 6.07) is 2.16. The van der Waals surface area contributed by atoms with Crippen LogP contribution in [0.2, 0.25) is 0 Å². The van der Waals surface area contributed by atoms with E-state index in [1.807, 2.05) is 0 Å². The van der Waals surface area contributed by atoms with Crippen molar-refractivity contribution < 1.29 is 13.6 Å². The van der Waals surface area contributed by atoms with E-state index in [0.29, 0.717) is 12.3 Å². The molecule has 1 fully saturated rings. The van der Waals surface area contributed by atoms with Crippen molar-refractivity contribution in [1.29, 1.82) is 0 Å². The van der Waals surface area contributed by atoms with Gasteiger partial charge < -0.3 is 11.1 Å². The lowest BCUT2D eigenvalue weighted by Crippen LogP contribution is -2.15. The average Bonchev–Trinajstić information content (AvgIpc) is 3.02. The van der Waals surface area contributed by atoms with Gasteiger partial charge >= 0.3 is 0 Å². The van der Waals surface area contributed by atoms with Crippen LogP contribution < -0.4 is 11.1 Å². The first-order valence-electron chi connectivity index (χ1n) is 5.11. The van der Waals surface area contributed by atoms with E-state index in [1.165, 1.54) is 6.07 Å². The van der Waals surface area contributed by atoms with Crippen LogP contribution >= 0.6 is 0 Å². The van der Waals surface area contributed by atoms with Crippen LogP contribution in [0.15, 0.2) is 12.1 Å². The fourth-order valence-electron chi connectivity index (χ4n) is 1.47. The Morgan fingerprint density at radius 3 is 2.75 bits per heavy atom. The minimum Gasteiger partial charge on any atom is -0.397 e. The van der Waals surface area contributed by atoms with E-state index >= 15 is 0 Å². The van der Waals surface area contributed by atoms with Crippen LogP contribution in [0.3, 0.4) is 0 Å². The van der Waals surface area contributed by atoms with Gasteiger partial charge in [0.15, 0.2) is 11.6 Å². The SMILES string of the molecule is Nc1ccc(F)c(F)c1NC(=O)CC1CC1. The maximum absolute atomic E-state index is 13.3. The van der Waals surface area contributed by atoms with Gasteiger partial charge in [-0.2, -0.15) is 0 Å². The molecule has 1 aromatic rings. The molecule has 5 heteroatoms. The van der Waals surface area contributed by atoms with E-state index in [1.54, 1.807) is 0 Å². The molecule has 1 amide bonds. The third-order valence-electron chi connectivity index (χ3n) is 2.56. The number of nitrogens with one attached hydrogen (secondary N) is 1. The van der Waals surface area contributed by atoms with Crippen molar-refractivity contribution in [1.82, 2.24) is 0 Å². The van der Waals surface area contributed by atoms with Gasteiger partial charge in [-0.1, -0.05) is 0 Å². The standard InChI is InChI=1S/C11H12F2N2O/c12-7-3-4-8(14)11(10(7)13)15-9(16)5-6-1-2-6/h3-4,6H,1-2,5,14H2,(H,15,16). The van der Waals surface area contributed by atoms with E-state index in [0.717, 1.165) is 18.9 Å². The molecule has 16 heavy (non-hydrogen) atoms. The molecule has 0 aromatic heterocycles. The predicted octanol–water partition coefficient (Wildman–Crippen LogP) is 2.29. The number of nitrogens with two attached hydrogens (primary N) is 1. The Morgan fingerprint density at radius 2 is 2.12 bits per heavy atom. The van der Waals surface area contributed by atoms with E-state index in [-0.39, 0.29) is 17.3 Å². The number of hydrogen-bond acceptors (Lipinski definition) is 2. The minimum absolute atomic E-state index is 0.0306. The van der Waals surface area contributed by atoms with Gasteiger partial charge in [-0.05, 0) is 30.9 Å². The number of nitrogen functional groups attached to an aromatic ring is 1. The zero-order valence-electron chi connectivity index (χ0n) is 8.59. The second-order valence-electron chi connectivity index (χ2n) is 4.02. The van der Waals surface area contributed by atoms with Crippen LogP contribution in [-0.2, 0) is 4.79 Å². The molecule has 0 unspecified atom stereocenters. The molecule has 0 radical (unpaired) electrons. The zero-order chi connectivity index (χ0) is 11.7. The quantitative estimate of drug-likeness (QED) is 0.777. The highest BCUT2D eigenvalue weighted by atomic mass is 19.2. The molecule has 1 aliphatic rings. The molecule has 3 nitrogen and oxygen atoms in total. The van der Waals surface area contributed by atoms with E-state index in [2.05, 4.69) is 5.32 Å². The van der Waals surface area contributed by atoms with Crippen LogP contribution in [0.5, 0.6) is 0 Å². The van der Waals surface area contributed by atoms with E-state index < -0.39 is 11.6 Å². The van der Waals surface area contributed by atoms with E-state index in [4.69, 9.17) is 5.73 Å². The lowest BCUT2D eigenvalue weighted by molar-refractivity contribution is -0.116. The van der Waals surface area contributed by atoms with Crippen molar-refractivity contribution in [3.8, 4) is 0 Å². The van der Waals surface area contributed by atoms with Crippen LogP contribution in [-0.4, -0.2) is 5.91 Å². The summed E-state index contributed by atoms with van der Waals surface area (Å²) >= 11 is 0. The molecule has 1 aromatic carbocycles. The average molecular weight is 226 g/mol. The maximum atomic E-state index is 13.3. The predicted molar refractivity (Wildman–Crippen MR) is 56.7 cm³/mol. The summed E-state index contributed by atoms with van der Waals surface area (Å²) < 4.78 is 26.2. The first-order chi connectivity index (χ1) is 7.58. The fraction of sp³-hybridized carbons (Fsp3) is 0.364. The normalized spacial score (nSPS) is 14.9. The molecule has 0 aliphatic heterocycles. The van der Waals surface area contributed by atoms with Crippen molar-refractivity contribution in [3.63, 3.8) is 0 Å². The van der Waals surface area contributed by atoms with Gasteiger partial charge in [0, 0.05) is 6.42 Å². The summed E-state index contributed by atoms with van der Waals surface area (Å²) in [5, 5.41) is 2.31. The molecule has 2 rings (SSSR count). The Balaban J connectivity index is 2.12. The van der Waals surface area contributed by atoms with E-state index in [9.17, 15) is 13.6 Å². The fourth-order valence-corrected chi connectivity index (χ4v) is 1.47. The number of benzene rings is 1. The van der Waals surface area contributed by atoms with Crippen LogP contribution in [0.1, 0.15) is 19.3 Å². The topological polar surface area (TPSA) is 55.1 Å². The summed E-state index contributed by atoms with van der Waals surface area (Å²) in [6.07, 6.45) is 2.39. The Bertz CT molecular complexity index is 430. The molecule has 0 heterocycles. The number of carbonyl (C=O) groups excluding carboxylic acids is 1. The molecule has 0 saturated heterocycles. The molecular formula is C11H12F2N2O. The summed E-state index contributed by atoms with van der Waals surface area (Å²) in [5.41, 5.74) is 5.24. The molecule has 1 aliphatic carbocycles. The smallest absolute Gasteiger partial charge is 0.224 e. The monoisotopic (exact) mass is 226 g/mol. The molecular weight excluding hydrogens is 214 g/mol. The van der Waals surface area contributed by atoms with Crippen molar-refractivity contribution in [3.05, 3.63) is 23.8 Å². The van der Waals surface area contributed by atoms with Gasteiger partial charge in [-0.3, -0.25) is 4.79 Å². The first-order valence-corrected chi connectivity index (χ1v) is 5.11. The van der Waals surface area contributed by atoms with Crippen molar-refractivity contribution in [2.24, 2.45) is 5.92 Å². The van der Waals surface area contributed by atoms with Gasteiger partial charge in [0.1, 0.15) is 5.69 Å². The Morgan fingerprint density at radius 1 is 1.44 bits per heavy atom. The molecule has 0 atom stereocenters. The highest BCUT2D eigenvalue weighted by Gasteiger charge is 2.25. The van der Waals surface area contributed by atoms with Crippen LogP contribution in [0.25, 0.3) is 0 Å². The Hall–Kier alpha value is -1.65. The molecule has 0 spiro atoms. The number of carbonyl (C=O) groups is 1. The Labute approximate surface area is 91.6 Å². The maximum Gasteiger partial charge on any atom is 0.224 e. The highest BCUT2D eigenvalue weighted by molar-refractivity contribution is 5.94. The number of hydrogen-bond donors (Lipinski definition) is 2. The van der Waals surface area contributed by atoms with Crippen LogP contribution in [0, 0.1) is 17.6 Å². The zero-order valence-corrected chi connectivity index (χ0v) is 8.59. The molecule has 86 valence electrons. The van der Waals surface area contributed by atoms with Crippen molar-refractivity contribution in [2.75, 3.05) is 11.1 Å². The number of amides is 1. The summed E-state index contributed by atoms with van der Waals surface area (Å²) in [6.45, 7) is 0. The highest BCUT2D eigenvalue weighted by Crippen LogP contribution is 2.33. The van der Waals surface area contributed by atoms with Gasteiger partial charge in [-0.25, -0.2) is 8.78 Å². The summed E-state index contributed by atoms with van der Waals surface area (Å²) in [7, 11) is 0. The number of halogens is 2. The Kier molecular flexibility index (Phi) is 2.77. The van der Waals surface area contributed by atoms with Gasteiger partial charge in [0.2, 0.25) is 5.91 Å². The van der Waals surface area contributed by atoms with Crippen LogP contribution in [0.4, 0.5) is 20.2 Å². The largest absolute Gasteiger partial charge is 0.397 e. The van der Waals surface area contributed by atoms with Gasteiger partial charge in [0.25, 0.3) is 0 Å². The molecule has 1 saturated carbocycles. The third kappa shape index (κ3) is 2.29. The summed E-state index contributed by atoms with van der Waals surface area (Å²) in [4.78, 5) is 11.4. The first kappa shape index (κ1) is 10.9. The lowest BCUT2D eigenvalue weighted by Gasteiger charge is -2.09. The second kappa shape index (κ2) is 4.08. The van der Waals surface area contributed by atoms with Crippen molar-refractivity contribution >= 4 is 17.3 Å². The van der Waals surface area contributed by atoms with Gasteiger partial charge in [0.05, 0.1) is 5.69 Å². The second-order valence-corrected chi connectivity index (χ2v) is 4.02. The summed E-state index contributed by atoms with van der Waals surface area (Å²) in [5.74, 6) is -2.06. The molecule has 0 bridgehead atoms.